The quantitative estimate of drug-likeness (QED) is 0.260. The van der Waals surface area contributed by atoms with Gasteiger partial charge in [0.2, 0.25) is 0 Å². The maximum absolute atomic E-state index is 13.0. The lowest BCUT2D eigenvalue weighted by Crippen LogP contribution is -2.30. The molecule has 0 atom stereocenters. The SMILES string of the molecule is CCN(CC)C(=O)c1sc(NC(=S)NCCCn2nc(C(F)(F)F)c(Cl)c2C)c(C(=O)OC)c1C. The van der Waals surface area contributed by atoms with Crippen molar-refractivity contribution in [1.82, 2.24) is 20.0 Å². The summed E-state index contributed by atoms with van der Waals surface area (Å²) in [6, 6.07) is 0. The Hall–Kier alpha value is -2.38. The van der Waals surface area contributed by atoms with E-state index in [2.05, 4.69) is 15.7 Å². The first-order chi connectivity index (χ1) is 16.4. The molecule has 0 aliphatic rings. The number of carbonyl (C=O) groups is 2. The van der Waals surface area contributed by atoms with Crippen LogP contribution in [0.3, 0.4) is 0 Å². The lowest BCUT2D eigenvalue weighted by atomic mass is 10.1. The largest absolute Gasteiger partial charge is 0.465 e. The second kappa shape index (κ2) is 12.0. The van der Waals surface area contributed by atoms with Gasteiger partial charge in [-0.15, -0.1) is 11.3 Å². The molecule has 194 valence electrons. The van der Waals surface area contributed by atoms with Gasteiger partial charge in [-0.1, -0.05) is 11.6 Å². The van der Waals surface area contributed by atoms with Gasteiger partial charge in [0.1, 0.15) is 5.00 Å². The third kappa shape index (κ3) is 6.64. The van der Waals surface area contributed by atoms with Gasteiger partial charge in [-0.2, -0.15) is 18.3 Å². The van der Waals surface area contributed by atoms with Crippen molar-refractivity contribution in [3.05, 3.63) is 32.4 Å². The van der Waals surface area contributed by atoms with E-state index in [0.29, 0.717) is 41.5 Å². The van der Waals surface area contributed by atoms with Crippen LogP contribution in [-0.4, -0.2) is 58.4 Å². The number of aryl methyl sites for hydroxylation is 1. The highest BCUT2D eigenvalue weighted by Crippen LogP contribution is 2.36. The third-order valence-electron chi connectivity index (χ3n) is 5.24. The van der Waals surface area contributed by atoms with E-state index in [1.165, 1.54) is 18.7 Å². The minimum Gasteiger partial charge on any atom is -0.465 e. The molecule has 2 heterocycles. The summed E-state index contributed by atoms with van der Waals surface area (Å²) in [5, 5.41) is 9.57. The fourth-order valence-electron chi connectivity index (χ4n) is 3.31. The Bertz CT molecular complexity index is 1100. The first kappa shape index (κ1) is 28.9. The molecular formula is C21H27ClF3N5O3S2. The molecule has 35 heavy (non-hydrogen) atoms. The maximum Gasteiger partial charge on any atom is 0.436 e. The van der Waals surface area contributed by atoms with Gasteiger partial charge in [-0.05, 0) is 51.9 Å². The van der Waals surface area contributed by atoms with Gasteiger partial charge in [0.25, 0.3) is 5.91 Å². The molecule has 0 saturated carbocycles. The van der Waals surface area contributed by atoms with Crippen LogP contribution in [-0.2, 0) is 17.5 Å². The van der Waals surface area contributed by atoms with E-state index in [1.54, 1.807) is 11.8 Å². The predicted octanol–water partition coefficient (Wildman–Crippen LogP) is 4.88. The first-order valence-electron chi connectivity index (χ1n) is 10.7. The summed E-state index contributed by atoms with van der Waals surface area (Å²) in [7, 11) is 1.25. The molecule has 2 aromatic rings. The minimum absolute atomic E-state index is 0.185. The van der Waals surface area contributed by atoms with Gasteiger partial charge in [0, 0.05) is 26.2 Å². The van der Waals surface area contributed by atoms with Crippen molar-refractivity contribution in [3.8, 4) is 0 Å². The highest BCUT2D eigenvalue weighted by molar-refractivity contribution is 7.80. The van der Waals surface area contributed by atoms with Crippen LogP contribution in [0.5, 0.6) is 0 Å². The highest BCUT2D eigenvalue weighted by atomic mass is 35.5. The molecule has 0 unspecified atom stereocenters. The average molecular weight is 554 g/mol. The number of carbonyl (C=O) groups excluding carboxylic acids is 2. The molecule has 0 aromatic carbocycles. The number of hydrogen-bond donors (Lipinski definition) is 2. The summed E-state index contributed by atoms with van der Waals surface area (Å²) >= 11 is 12.2. The molecule has 1 amide bonds. The second-order valence-corrected chi connectivity index (χ2v) is 9.24. The molecule has 0 aliphatic heterocycles. The van der Waals surface area contributed by atoms with Crippen molar-refractivity contribution in [3.63, 3.8) is 0 Å². The number of nitrogens with zero attached hydrogens (tertiary/aromatic N) is 3. The second-order valence-electron chi connectivity index (χ2n) is 7.43. The molecule has 0 aliphatic carbocycles. The number of amides is 1. The Labute approximate surface area is 215 Å². The number of halogens is 4. The van der Waals surface area contributed by atoms with Gasteiger partial charge in [0.15, 0.2) is 10.8 Å². The molecule has 0 fully saturated rings. The van der Waals surface area contributed by atoms with Crippen LogP contribution in [0.2, 0.25) is 5.02 Å². The lowest BCUT2D eigenvalue weighted by Gasteiger charge is -2.17. The molecule has 0 radical (unpaired) electrons. The number of hydrogen-bond acceptors (Lipinski definition) is 6. The van der Waals surface area contributed by atoms with E-state index in [9.17, 15) is 22.8 Å². The van der Waals surface area contributed by atoms with Crippen LogP contribution in [0.25, 0.3) is 0 Å². The zero-order valence-corrected chi connectivity index (χ0v) is 22.3. The molecular weight excluding hydrogens is 527 g/mol. The zero-order chi connectivity index (χ0) is 26.5. The summed E-state index contributed by atoms with van der Waals surface area (Å²) in [5.41, 5.74) is -0.170. The van der Waals surface area contributed by atoms with E-state index in [4.69, 9.17) is 28.6 Å². The van der Waals surface area contributed by atoms with E-state index in [-0.39, 0.29) is 28.8 Å². The highest BCUT2D eigenvalue weighted by Gasteiger charge is 2.38. The summed E-state index contributed by atoms with van der Waals surface area (Å²) in [6.45, 7) is 8.42. The topological polar surface area (TPSA) is 88.5 Å². The maximum atomic E-state index is 13.0. The Morgan fingerprint density at radius 1 is 1.26 bits per heavy atom. The number of nitrogens with one attached hydrogen (secondary N) is 2. The number of thiophene rings is 1. The Balaban J connectivity index is 2.07. The van der Waals surface area contributed by atoms with E-state index >= 15 is 0 Å². The molecule has 14 heteroatoms. The minimum atomic E-state index is -4.63. The molecule has 0 spiro atoms. The van der Waals surface area contributed by atoms with E-state index in [1.807, 2.05) is 13.8 Å². The zero-order valence-electron chi connectivity index (χ0n) is 19.9. The Morgan fingerprint density at radius 3 is 2.40 bits per heavy atom. The molecule has 8 nitrogen and oxygen atoms in total. The van der Waals surface area contributed by atoms with Gasteiger partial charge >= 0.3 is 12.1 Å². The summed E-state index contributed by atoms with van der Waals surface area (Å²) in [5.74, 6) is -0.796. The van der Waals surface area contributed by atoms with Crippen LogP contribution in [0.15, 0.2) is 0 Å². The van der Waals surface area contributed by atoms with Crippen LogP contribution < -0.4 is 10.6 Å². The molecule has 2 aromatic heterocycles. The monoisotopic (exact) mass is 553 g/mol. The van der Waals surface area contributed by atoms with Crippen molar-refractivity contribution in [2.45, 2.75) is 46.8 Å². The van der Waals surface area contributed by atoms with Gasteiger partial charge < -0.3 is 20.3 Å². The van der Waals surface area contributed by atoms with Gasteiger partial charge in [0.05, 0.1) is 28.3 Å². The first-order valence-corrected chi connectivity index (χ1v) is 12.3. The summed E-state index contributed by atoms with van der Waals surface area (Å²) in [6.07, 6.45) is -4.23. The van der Waals surface area contributed by atoms with Crippen molar-refractivity contribution in [2.24, 2.45) is 0 Å². The lowest BCUT2D eigenvalue weighted by molar-refractivity contribution is -0.141. The number of methoxy groups -OCH3 is 1. The van der Waals surface area contributed by atoms with Crippen molar-refractivity contribution in [1.29, 1.82) is 0 Å². The number of alkyl halides is 3. The van der Waals surface area contributed by atoms with Crippen LogP contribution >= 0.6 is 35.2 Å². The predicted molar refractivity (Wildman–Crippen MR) is 133 cm³/mol. The van der Waals surface area contributed by atoms with Gasteiger partial charge in [-0.25, -0.2) is 4.79 Å². The number of esters is 1. The fraction of sp³-hybridized carbons (Fsp3) is 0.524. The molecule has 0 saturated heterocycles. The summed E-state index contributed by atoms with van der Waals surface area (Å²) < 4.78 is 45.0. The number of aromatic nitrogens is 2. The van der Waals surface area contributed by atoms with Crippen molar-refractivity contribution < 1.29 is 27.5 Å². The third-order valence-corrected chi connectivity index (χ3v) is 7.14. The summed E-state index contributed by atoms with van der Waals surface area (Å²) in [4.78, 5) is 27.3. The van der Waals surface area contributed by atoms with Crippen molar-refractivity contribution >= 4 is 57.1 Å². The smallest absolute Gasteiger partial charge is 0.436 e. The average Bonchev–Trinajstić information content (AvgIpc) is 3.27. The molecule has 2 rings (SSSR count). The standard InChI is InChI=1S/C21H27ClF3N5O3S2/c1-6-29(7-2)18(31)15-11(3)13(19(32)33-5)17(35-15)27-20(34)26-9-8-10-30-12(4)14(22)16(28-30)21(23,24)25/h6-10H2,1-5H3,(H2,26,27,34). The fourth-order valence-corrected chi connectivity index (χ4v) is 4.99. The molecule has 2 N–H and O–H groups in total. The van der Waals surface area contributed by atoms with E-state index < -0.39 is 22.9 Å². The van der Waals surface area contributed by atoms with Crippen LogP contribution in [0.1, 0.15) is 57.2 Å². The van der Waals surface area contributed by atoms with Crippen LogP contribution in [0.4, 0.5) is 18.2 Å². The van der Waals surface area contributed by atoms with Gasteiger partial charge in [-0.3, -0.25) is 9.48 Å². The number of anilines is 1. The normalized spacial score (nSPS) is 11.3. The Morgan fingerprint density at radius 2 is 1.89 bits per heavy atom. The van der Waals surface area contributed by atoms with Crippen LogP contribution in [0, 0.1) is 13.8 Å². The van der Waals surface area contributed by atoms with Crippen molar-refractivity contribution in [2.75, 3.05) is 32.1 Å². The number of thiocarbonyl (C=S) groups is 1. The molecule has 0 bridgehead atoms. The number of rotatable bonds is 9. The Kier molecular flexibility index (Phi) is 9.93. The van der Waals surface area contributed by atoms with E-state index in [0.717, 1.165) is 11.3 Å². The number of ether oxygens (including phenoxy) is 1.